The first kappa shape index (κ1) is 8.32. The Balaban J connectivity index is 3.34. The van der Waals surface area contributed by atoms with Crippen molar-refractivity contribution >= 4 is 23.2 Å². The molecular formula is C6H9Cl2. The van der Waals surface area contributed by atoms with Crippen molar-refractivity contribution in [2.24, 2.45) is 0 Å². The van der Waals surface area contributed by atoms with Crippen LogP contribution >= 0.6 is 23.2 Å². The zero-order chi connectivity index (χ0) is 6.57. The molecule has 0 amide bonds. The van der Waals surface area contributed by atoms with Crippen LogP contribution in [0.1, 0.15) is 13.8 Å². The van der Waals surface area contributed by atoms with Crippen LogP contribution in [0.3, 0.4) is 0 Å². The molecule has 0 aromatic carbocycles. The van der Waals surface area contributed by atoms with E-state index in [1.165, 1.54) is 0 Å². The summed E-state index contributed by atoms with van der Waals surface area (Å²) in [5, 5.41) is 0.00685. The minimum absolute atomic E-state index is 0.0313. The number of rotatable bonds is 2. The molecule has 0 aromatic rings. The highest BCUT2D eigenvalue weighted by molar-refractivity contribution is 6.22. The van der Waals surface area contributed by atoms with Gasteiger partial charge in [0.25, 0.3) is 0 Å². The lowest BCUT2D eigenvalue weighted by atomic mass is 10.3. The van der Waals surface area contributed by atoms with Crippen LogP contribution in [-0.2, 0) is 0 Å². The van der Waals surface area contributed by atoms with Crippen molar-refractivity contribution in [3.05, 3.63) is 12.2 Å². The molecule has 8 heavy (non-hydrogen) atoms. The lowest BCUT2D eigenvalue weighted by Gasteiger charge is -1.91. The molecule has 0 aliphatic carbocycles. The van der Waals surface area contributed by atoms with E-state index in [1.807, 2.05) is 13.8 Å². The van der Waals surface area contributed by atoms with E-state index < -0.39 is 0 Å². The molecular weight excluding hydrogens is 143 g/mol. The Morgan fingerprint density at radius 2 is 1.88 bits per heavy atom. The van der Waals surface area contributed by atoms with Crippen molar-refractivity contribution in [3.8, 4) is 0 Å². The quantitative estimate of drug-likeness (QED) is 0.533. The molecule has 0 spiro atoms. The Hall–Kier alpha value is 0.320. The van der Waals surface area contributed by atoms with Gasteiger partial charge >= 0.3 is 0 Å². The van der Waals surface area contributed by atoms with Gasteiger partial charge in [0.05, 0.1) is 5.38 Å². The van der Waals surface area contributed by atoms with Crippen molar-refractivity contribution in [2.75, 3.05) is 0 Å². The lowest BCUT2D eigenvalue weighted by molar-refractivity contribution is 1.13. The zero-order valence-corrected chi connectivity index (χ0v) is 6.50. The molecule has 47 valence electrons. The number of hydrogen-bond acceptors (Lipinski definition) is 0. The molecule has 0 nitrogen and oxygen atoms in total. The van der Waals surface area contributed by atoms with Crippen LogP contribution in [0.25, 0.3) is 0 Å². The van der Waals surface area contributed by atoms with Crippen molar-refractivity contribution in [1.29, 1.82) is 0 Å². The van der Waals surface area contributed by atoms with E-state index in [-0.39, 0.29) is 10.8 Å². The topological polar surface area (TPSA) is 0 Å². The van der Waals surface area contributed by atoms with Crippen molar-refractivity contribution in [1.82, 2.24) is 0 Å². The Labute approximate surface area is 60.5 Å². The SMILES string of the molecule is CC(Cl)/[C]=C/C(C)Cl. The monoisotopic (exact) mass is 151 g/mol. The highest BCUT2D eigenvalue weighted by Gasteiger charge is 1.89. The summed E-state index contributed by atoms with van der Waals surface area (Å²) in [6.45, 7) is 3.71. The minimum atomic E-state index is -0.0313. The molecule has 0 saturated heterocycles. The van der Waals surface area contributed by atoms with E-state index in [1.54, 1.807) is 6.08 Å². The summed E-state index contributed by atoms with van der Waals surface area (Å²) < 4.78 is 0. The van der Waals surface area contributed by atoms with Gasteiger partial charge in [0.2, 0.25) is 0 Å². The molecule has 0 rings (SSSR count). The average molecular weight is 152 g/mol. The van der Waals surface area contributed by atoms with Crippen LogP contribution in [0.5, 0.6) is 0 Å². The average Bonchev–Trinajstić information content (AvgIpc) is 1.61. The van der Waals surface area contributed by atoms with Crippen LogP contribution in [0, 0.1) is 6.08 Å². The van der Waals surface area contributed by atoms with Crippen LogP contribution in [0.4, 0.5) is 0 Å². The molecule has 0 aliphatic rings. The lowest BCUT2D eigenvalue weighted by Crippen LogP contribution is -1.87. The van der Waals surface area contributed by atoms with Gasteiger partial charge < -0.3 is 0 Å². The number of allylic oxidation sites excluding steroid dienone is 2. The molecule has 2 heteroatoms. The largest absolute Gasteiger partial charge is 0.119 e. The summed E-state index contributed by atoms with van der Waals surface area (Å²) in [5.74, 6) is 0. The maximum absolute atomic E-state index is 5.55. The van der Waals surface area contributed by atoms with Gasteiger partial charge in [-0.3, -0.25) is 0 Å². The first-order valence-electron chi connectivity index (χ1n) is 2.50. The van der Waals surface area contributed by atoms with Crippen molar-refractivity contribution in [3.63, 3.8) is 0 Å². The number of hydrogen-bond donors (Lipinski definition) is 0. The van der Waals surface area contributed by atoms with Crippen LogP contribution < -0.4 is 0 Å². The normalized spacial score (nSPS) is 19.0. The summed E-state index contributed by atoms with van der Waals surface area (Å²) in [6.07, 6.45) is 4.60. The minimum Gasteiger partial charge on any atom is -0.119 e. The van der Waals surface area contributed by atoms with Gasteiger partial charge in [-0.15, -0.1) is 23.2 Å². The van der Waals surface area contributed by atoms with E-state index in [9.17, 15) is 0 Å². The molecule has 0 N–H and O–H groups in total. The third kappa shape index (κ3) is 6.32. The molecule has 0 aliphatic heterocycles. The summed E-state index contributed by atoms with van der Waals surface area (Å²) in [5.41, 5.74) is 0. The third-order valence-corrected chi connectivity index (χ3v) is 0.808. The Kier molecular flexibility index (Phi) is 4.39. The van der Waals surface area contributed by atoms with Crippen LogP contribution in [0.2, 0.25) is 0 Å². The predicted molar refractivity (Wildman–Crippen MR) is 38.4 cm³/mol. The molecule has 1 radical (unpaired) electrons. The fourth-order valence-electron chi connectivity index (χ4n) is 0.265. The fraction of sp³-hybridized carbons (Fsp3) is 0.667. The summed E-state index contributed by atoms with van der Waals surface area (Å²) in [4.78, 5) is 0. The molecule has 2 atom stereocenters. The maximum Gasteiger partial charge on any atom is 0.0557 e. The second kappa shape index (κ2) is 4.22. The van der Waals surface area contributed by atoms with E-state index in [0.29, 0.717) is 0 Å². The van der Waals surface area contributed by atoms with Gasteiger partial charge in [-0.2, -0.15) is 0 Å². The molecule has 0 heterocycles. The molecule has 0 bridgehead atoms. The first-order chi connectivity index (χ1) is 3.63. The van der Waals surface area contributed by atoms with E-state index in [4.69, 9.17) is 23.2 Å². The van der Waals surface area contributed by atoms with Gasteiger partial charge in [0.1, 0.15) is 0 Å². The van der Waals surface area contributed by atoms with E-state index in [2.05, 4.69) is 6.08 Å². The Morgan fingerprint density at radius 1 is 1.38 bits per heavy atom. The summed E-state index contributed by atoms with van der Waals surface area (Å²) in [6, 6.07) is 0. The van der Waals surface area contributed by atoms with E-state index >= 15 is 0 Å². The van der Waals surface area contributed by atoms with Gasteiger partial charge in [0, 0.05) is 5.38 Å². The highest BCUT2D eigenvalue weighted by atomic mass is 35.5. The predicted octanol–water partition coefficient (Wildman–Crippen LogP) is 2.60. The maximum atomic E-state index is 5.55. The Morgan fingerprint density at radius 3 is 2.00 bits per heavy atom. The molecule has 2 unspecified atom stereocenters. The molecule has 0 aromatic heterocycles. The van der Waals surface area contributed by atoms with E-state index in [0.717, 1.165) is 0 Å². The second-order valence-corrected chi connectivity index (χ2v) is 2.97. The van der Waals surface area contributed by atoms with Crippen LogP contribution in [-0.4, -0.2) is 10.8 Å². The second-order valence-electron chi connectivity index (χ2n) is 1.63. The van der Waals surface area contributed by atoms with Crippen molar-refractivity contribution < 1.29 is 0 Å². The first-order valence-corrected chi connectivity index (χ1v) is 3.37. The fourth-order valence-corrected chi connectivity index (χ4v) is 0.411. The number of halogens is 2. The summed E-state index contributed by atoms with van der Waals surface area (Å²) >= 11 is 11.1. The van der Waals surface area contributed by atoms with Gasteiger partial charge in [-0.1, -0.05) is 6.08 Å². The highest BCUT2D eigenvalue weighted by Crippen LogP contribution is 1.99. The number of alkyl halides is 2. The zero-order valence-electron chi connectivity index (χ0n) is 4.99. The van der Waals surface area contributed by atoms with Gasteiger partial charge in [0.15, 0.2) is 0 Å². The summed E-state index contributed by atoms with van der Waals surface area (Å²) in [7, 11) is 0. The molecule has 0 fully saturated rings. The smallest absolute Gasteiger partial charge is 0.0557 e. The van der Waals surface area contributed by atoms with Gasteiger partial charge in [-0.05, 0) is 19.9 Å². The van der Waals surface area contributed by atoms with Crippen molar-refractivity contribution in [2.45, 2.75) is 24.6 Å². The molecule has 0 saturated carbocycles. The Bertz CT molecular complexity index is 64.6. The van der Waals surface area contributed by atoms with Gasteiger partial charge in [-0.25, -0.2) is 0 Å². The third-order valence-electron chi connectivity index (χ3n) is 0.556. The standard InChI is InChI=1S/C6H9Cl2/c1-5(7)3-4-6(2)8/h3,5-6H,1-2H3. The van der Waals surface area contributed by atoms with Crippen LogP contribution in [0.15, 0.2) is 6.08 Å².